The maximum Gasteiger partial charge on any atom is 0.122 e. The fourth-order valence-electron chi connectivity index (χ4n) is 1.67. The lowest BCUT2D eigenvalue weighted by Crippen LogP contribution is -2.28. The van der Waals surface area contributed by atoms with Crippen molar-refractivity contribution < 1.29 is 14.6 Å². The Kier molecular flexibility index (Phi) is 5.75. The SMILES string of the molecule is CCOC(C)C(O)Cc1cc(Cl)ccc1OC. The molecule has 0 radical (unpaired) electrons. The Labute approximate surface area is 107 Å². The number of hydrogen-bond donors (Lipinski definition) is 1. The van der Waals surface area contributed by atoms with Gasteiger partial charge in [-0.1, -0.05) is 11.6 Å². The van der Waals surface area contributed by atoms with Gasteiger partial charge in [0.2, 0.25) is 0 Å². The Hall–Kier alpha value is -0.770. The lowest BCUT2D eigenvalue weighted by molar-refractivity contribution is -0.0209. The summed E-state index contributed by atoms with van der Waals surface area (Å²) in [5.74, 6) is 0.733. The molecule has 2 unspecified atom stereocenters. The van der Waals surface area contributed by atoms with Crippen molar-refractivity contribution in [2.75, 3.05) is 13.7 Å². The van der Waals surface area contributed by atoms with E-state index in [9.17, 15) is 5.11 Å². The zero-order chi connectivity index (χ0) is 12.8. The lowest BCUT2D eigenvalue weighted by Gasteiger charge is -2.20. The van der Waals surface area contributed by atoms with Gasteiger partial charge in [0.25, 0.3) is 0 Å². The van der Waals surface area contributed by atoms with Gasteiger partial charge in [-0.25, -0.2) is 0 Å². The minimum absolute atomic E-state index is 0.205. The van der Waals surface area contributed by atoms with Gasteiger partial charge in [0.05, 0.1) is 19.3 Å². The smallest absolute Gasteiger partial charge is 0.122 e. The molecule has 3 nitrogen and oxygen atoms in total. The summed E-state index contributed by atoms with van der Waals surface area (Å²) in [6.45, 7) is 4.35. The van der Waals surface area contributed by atoms with E-state index in [-0.39, 0.29) is 6.10 Å². The van der Waals surface area contributed by atoms with Gasteiger partial charge in [-0.3, -0.25) is 0 Å². The molecule has 0 spiro atoms. The third-order valence-electron chi connectivity index (χ3n) is 2.64. The van der Waals surface area contributed by atoms with Crippen molar-refractivity contribution >= 4 is 11.6 Å². The molecule has 0 fully saturated rings. The van der Waals surface area contributed by atoms with Crippen LogP contribution in [-0.4, -0.2) is 31.0 Å². The monoisotopic (exact) mass is 258 g/mol. The Morgan fingerprint density at radius 3 is 2.71 bits per heavy atom. The molecule has 0 amide bonds. The van der Waals surface area contributed by atoms with Gasteiger partial charge >= 0.3 is 0 Å². The first kappa shape index (κ1) is 14.3. The van der Waals surface area contributed by atoms with Crippen LogP contribution < -0.4 is 4.74 Å². The molecule has 2 atom stereocenters. The van der Waals surface area contributed by atoms with Gasteiger partial charge in [0.15, 0.2) is 0 Å². The number of aliphatic hydroxyl groups excluding tert-OH is 1. The van der Waals surface area contributed by atoms with Crippen LogP contribution >= 0.6 is 11.6 Å². The fraction of sp³-hybridized carbons (Fsp3) is 0.538. The first-order valence-electron chi connectivity index (χ1n) is 5.70. The number of aliphatic hydroxyl groups is 1. The fourth-order valence-corrected chi connectivity index (χ4v) is 1.87. The highest BCUT2D eigenvalue weighted by Crippen LogP contribution is 2.24. The van der Waals surface area contributed by atoms with E-state index in [0.29, 0.717) is 18.1 Å². The van der Waals surface area contributed by atoms with E-state index in [1.165, 1.54) is 0 Å². The topological polar surface area (TPSA) is 38.7 Å². The van der Waals surface area contributed by atoms with Crippen molar-refractivity contribution in [3.63, 3.8) is 0 Å². The first-order valence-corrected chi connectivity index (χ1v) is 6.08. The molecular formula is C13H19ClO3. The molecule has 1 N–H and O–H groups in total. The van der Waals surface area contributed by atoms with Gasteiger partial charge in [-0.15, -0.1) is 0 Å². The van der Waals surface area contributed by atoms with Crippen LogP contribution in [0.3, 0.4) is 0 Å². The van der Waals surface area contributed by atoms with E-state index in [2.05, 4.69) is 0 Å². The van der Waals surface area contributed by atoms with Crippen LogP contribution in [0.2, 0.25) is 5.02 Å². The maximum atomic E-state index is 9.99. The Morgan fingerprint density at radius 1 is 1.41 bits per heavy atom. The van der Waals surface area contributed by atoms with E-state index >= 15 is 0 Å². The van der Waals surface area contributed by atoms with Crippen LogP contribution in [0.4, 0.5) is 0 Å². The van der Waals surface area contributed by atoms with E-state index < -0.39 is 6.10 Å². The van der Waals surface area contributed by atoms with Gasteiger partial charge in [0, 0.05) is 18.1 Å². The highest BCUT2D eigenvalue weighted by molar-refractivity contribution is 6.30. The van der Waals surface area contributed by atoms with Crippen LogP contribution in [0.5, 0.6) is 5.75 Å². The molecular weight excluding hydrogens is 240 g/mol. The van der Waals surface area contributed by atoms with Crippen LogP contribution in [0, 0.1) is 0 Å². The van der Waals surface area contributed by atoms with Gasteiger partial charge in [-0.2, -0.15) is 0 Å². The van der Waals surface area contributed by atoms with Gasteiger partial charge in [0.1, 0.15) is 5.75 Å². The van der Waals surface area contributed by atoms with Crippen molar-refractivity contribution in [2.45, 2.75) is 32.5 Å². The second-order valence-corrected chi connectivity index (χ2v) is 4.32. The molecule has 0 heterocycles. The molecule has 0 aromatic heterocycles. The molecule has 4 heteroatoms. The highest BCUT2D eigenvalue weighted by Gasteiger charge is 2.17. The number of rotatable bonds is 6. The van der Waals surface area contributed by atoms with E-state index in [0.717, 1.165) is 11.3 Å². The predicted octanol–water partition coefficient (Wildman–Crippen LogP) is 2.68. The summed E-state index contributed by atoms with van der Waals surface area (Å²) in [5.41, 5.74) is 0.888. The molecule has 0 bridgehead atoms. The molecule has 0 saturated heterocycles. The van der Waals surface area contributed by atoms with Crippen LogP contribution in [-0.2, 0) is 11.2 Å². The summed E-state index contributed by atoms with van der Waals surface area (Å²) in [4.78, 5) is 0. The van der Waals surface area contributed by atoms with E-state index in [4.69, 9.17) is 21.1 Å². The average Bonchev–Trinajstić information content (AvgIpc) is 2.29. The standard InChI is InChI=1S/C13H19ClO3/c1-4-17-9(2)12(15)8-10-7-11(14)5-6-13(10)16-3/h5-7,9,12,15H,4,8H2,1-3H3. The van der Waals surface area contributed by atoms with Gasteiger partial charge in [-0.05, 0) is 37.6 Å². The molecule has 0 aliphatic carbocycles. The highest BCUT2D eigenvalue weighted by atomic mass is 35.5. The molecule has 1 aromatic rings. The Balaban J connectivity index is 2.76. The molecule has 1 aromatic carbocycles. The quantitative estimate of drug-likeness (QED) is 0.853. The number of halogens is 1. The van der Waals surface area contributed by atoms with Crippen LogP contribution in [0.1, 0.15) is 19.4 Å². The largest absolute Gasteiger partial charge is 0.496 e. The minimum atomic E-state index is -0.567. The van der Waals surface area contributed by atoms with Crippen molar-refractivity contribution in [2.24, 2.45) is 0 Å². The van der Waals surface area contributed by atoms with E-state index in [1.807, 2.05) is 19.9 Å². The molecule has 1 rings (SSSR count). The summed E-state index contributed by atoms with van der Waals surface area (Å²) in [5, 5.41) is 10.6. The normalized spacial score (nSPS) is 14.4. The second-order valence-electron chi connectivity index (χ2n) is 3.89. The molecule has 0 saturated carbocycles. The van der Waals surface area contributed by atoms with Crippen molar-refractivity contribution in [1.29, 1.82) is 0 Å². The Bertz CT molecular complexity index is 355. The molecule has 17 heavy (non-hydrogen) atoms. The Morgan fingerprint density at radius 2 is 2.12 bits per heavy atom. The van der Waals surface area contributed by atoms with Crippen molar-refractivity contribution in [1.82, 2.24) is 0 Å². The lowest BCUT2D eigenvalue weighted by atomic mass is 10.0. The third kappa shape index (κ3) is 4.19. The zero-order valence-electron chi connectivity index (χ0n) is 10.4. The van der Waals surface area contributed by atoms with Crippen LogP contribution in [0.15, 0.2) is 18.2 Å². The molecule has 0 aliphatic heterocycles. The third-order valence-corrected chi connectivity index (χ3v) is 2.88. The molecule has 96 valence electrons. The summed E-state index contributed by atoms with van der Waals surface area (Å²) in [6.07, 6.45) is -0.309. The predicted molar refractivity (Wildman–Crippen MR) is 68.8 cm³/mol. The van der Waals surface area contributed by atoms with Crippen molar-refractivity contribution in [3.8, 4) is 5.75 Å². The van der Waals surface area contributed by atoms with Crippen molar-refractivity contribution in [3.05, 3.63) is 28.8 Å². The first-order chi connectivity index (χ1) is 8.08. The summed E-state index contributed by atoms with van der Waals surface area (Å²) in [6, 6.07) is 5.38. The number of benzene rings is 1. The average molecular weight is 259 g/mol. The number of hydrogen-bond acceptors (Lipinski definition) is 3. The van der Waals surface area contributed by atoms with Gasteiger partial charge < -0.3 is 14.6 Å². The summed E-state index contributed by atoms with van der Waals surface area (Å²) < 4.78 is 10.6. The summed E-state index contributed by atoms with van der Waals surface area (Å²) in [7, 11) is 1.60. The second kappa shape index (κ2) is 6.84. The van der Waals surface area contributed by atoms with Crippen LogP contribution in [0.25, 0.3) is 0 Å². The zero-order valence-corrected chi connectivity index (χ0v) is 11.2. The van der Waals surface area contributed by atoms with E-state index in [1.54, 1.807) is 19.2 Å². The maximum absolute atomic E-state index is 9.99. The summed E-state index contributed by atoms with van der Waals surface area (Å²) >= 11 is 5.93. The minimum Gasteiger partial charge on any atom is -0.496 e. The number of ether oxygens (including phenoxy) is 2. The number of methoxy groups -OCH3 is 1. The molecule has 0 aliphatic rings.